The highest BCUT2D eigenvalue weighted by Crippen LogP contribution is 2.45. The molecule has 2 saturated carbocycles. The highest BCUT2D eigenvalue weighted by Gasteiger charge is 2.51. The largest absolute Gasteiger partial charge is 0.343 e. The van der Waals surface area contributed by atoms with Crippen LogP contribution in [0.5, 0.6) is 0 Å². The molecule has 212 valence electrons. The molecule has 2 aliphatic carbocycles. The maximum atomic E-state index is 15.3. The minimum atomic E-state index is -2.81. The van der Waals surface area contributed by atoms with Crippen molar-refractivity contribution in [2.24, 2.45) is 5.92 Å². The third-order valence-corrected chi connectivity index (χ3v) is 10.3. The summed E-state index contributed by atoms with van der Waals surface area (Å²) >= 11 is 0. The van der Waals surface area contributed by atoms with Gasteiger partial charge in [-0.2, -0.15) is 4.98 Å². The Labute approximate surface area is 223 Å². The summed E-state index contributed by atoms with van der Waals surface area (Å²) in [6, 6.07) is 0.357. The molecule has 6 rings (SSSR count). The molecular weight excluding hydrogens is 495 g/mol. The van der Waals surface area contributed by atoms with Gasteiger partial charge in [-0.25, -0.2) is 13.2 Å². The second kappa shape index (κ2) is 10.4. The number of alkyl halides is 3. The van der Waals surface area contributed by atoms with E-state index in [0.717, 1.165) is 32.4 Å². The molecule has 0 N–H and O–H groups in total. The zero-order chi connectivity index (χ0) is 26.5. The number of nitrogens with zero attached hydrogens (tertiary/aromatic N) is 5. The molecule has 0 aromatic carbocycles. The van der Waals surface area contributed by atoms with Gasteiger partial charge in [-0.05, 0) is 84.0 Å². The number of carbonyl (C=O) groups is 1. The van der Waals surface area contributed by atoms with Gasteiger partial charge in [0.1, 0.15) is 6.17 Å². The van der Waals surface area contributed by atoms with Gasteiger partial charge < -0.3 is 14.3 Å². The Balaban J connectivity index is 1.06. The number of halogens is 3. The lowest BCUT2D eigenvalue weighted by Crippen LogP contribution is -2.56. The van der Waals surface area contributed by atoms with Gasteiger partial charge in [-0.15, -0.1) is 0 Å². The lowest BCUT2D eigenvalue weighted by atomic mass is 9.76. The SMILES string of the molecule is CC1(c2noc([C@@H]3C[C@@H]3F)n2)CCN(C(=O)C[C@@H]2[C@@H](N3CCC(N4CCCC4)CC3)CCCC2(F)F)CC1. The Morgan fingerprint density at radius 1 is 0.974 bits per heavy atom. The normalized spacial score (nSPS) is 34.5. The number of aromatic nitrogens is 2. The van der Waals surface area contributed by atoms with Crippen molar-refractivity contribution in [3.05, 3.63) is 11.7 Å². The van der Waals surface area contributed by atoms with Crippen molar-refractivity contribution in [2.75, 3.05) is 39.3 Å². The van der Waals surface area contributed by atoms with Crippen molar-refractivity contribution in [3.63, 3.8) is 0 Å². The highest BCUT2D eigenvalue weighted by atomic mass is 19.3. The summed E-state index contributed by atoms with van der Waals surface area (Å²) < 4.78 is 49.3. The van der Waals surface area contributed by atoms with Crippen LogP contribution in [0.15, 0.2) is 4.52 Å². The molecule has 10 heteroatoms. The van der Waals surface area contributed by atoms with E-state index < -0.39 is 18.0 Å². The van der Waals surface area contributed by atoms with Crippen LogP contribution in [0.4, 0.5) is 13.2 Å². The maximum absolute atomic E-state index is 15.3. The first kappa shape index (κ1) is 26.5. The molecule has 5 fully saturated rings. The average Bonchev–Trinajstić information content (AvgIpc) is 3.31. The van der Waals surface area contributed by atoms with E-state index in [1.807, 2.05) is 6.92 Å². The topological polar surface area (TPSA) is 65.7 Å². The Kier molecular flexibility index (Phi) is 7.25. The Morgan fingerprint density at radius 2 is 1.66 bits per heavy atom. The highest BCUT2D eigenvalue weighted by molar-refractivity contribution is 5.76. The van der Waals surface area contributed by atoms with Gasteiger partial charge in [0.25, 0.3) is 5.92 Å². The summed E-state index contributed by atoms with van der Waals surface area (Å²) in [5.41, 5.74) is -0.365. The van der Waals surface area contributed by atoms with Gasteiger partial charge >= 0.3 is 0 Å². The minimum Gasteiger partial charge on any atom is -0.343 e. The Hall–Kier alpha value is -1.68. The van der Waals surface area contributed by atoms with E-state index in [1.54, 1.807) is 4.90 Å². The van der Waals surface area contributed by atoms with Crippen LogP contribution < -0.4 is 0 Å². The summed E-state index contributed by atoms with van der Waals surface area (Å²) in [6.07, 6.45) is 6.49. The van der Waals surface area contributed by atoms with Crippen molar-refractivity contribution in [1.29, 1.82) is 0 Å². The molecule has 1 aromatic heterocycles. The van der Waals surface area contributed by atoms with E-state index in [2.05, 4.69) is 19.9 Å². The van der Waals surface area contributed by atoms with E-state index in [1.165, 1.54) is 25.9 Å². The average molecular weight is 538 g/mol. The summed E-state index contributed by atoms with van der Waals surface area (Å²) in [4.78, 5) is 24.4. The number of carbonyl (C=O) groups excluding carboxylic acids is 1. The maximum Gasteiger partial charge on any atom is 0.252 e. The summed E-state index contributed by atoms with van der Waals surface area (Å²) in [5.74, 6) is -3.25. The third-order valence-electron chi connectivity index (χ3n) is 10.3. The first-order valence-corrected chi connectivity index (χ1v) is 14.9. The van der Waals surface area contributed by atoms with Crippen LogP contribution in [0, 0.1) is 5.92 Å². The molecule has 4 heterocycles. The number of piperidine rings is 2. The standard InChI is InChI=1S/C28H42F3N5O2/c1-27(26-32-25(38-33-26)20-17-22(20)29)9-15-36(16-10-27)24(37)18-21-23(5-4-8-28(21,30)31)35-13-6-19(7-14-35)34-11-2-3-12-34/h19-23H,2-18H2,1H3/t20-,21-,22+,23+/m1/s1. The van der Waals surface area contributed by atoms with Crippen LogP contribution in [0.3, 0.4) is 0 Å². The number of rotatable bonds is 6. The molecule has 0 spiro atoms. The molecule has 0 unspecified atom stereocenters. The van der Waals surface area contributed by atoms with Gasteiger partial charge in [-0.3, -0.25) is 9.69 Å². The summed E-state index contributed by atoms with van der Waals surface area (Å²) in [7, 11) is 0. The van der Waals surface area contributed by atoms with Crippen molar-refractivity contribution in [1.82, 2.24) is 24.8 Å². The number of hydrogen-bond donors (Lipinski definition) is 0. The molecule has 3 aliphatic heterocycles. The Morgan fingerprint density at radius 3 is 2.32 bits per heavy atom. The molecule has 1 amide bonds. The molecule has 4 atom stereocenters. The first-order valence-electron chi connectivity index (χ1n) is 14.9. The van der Waals surface area contributed by atoms with Crippen LogP contribution in [-0.4, -0.2) is 94.2 Å². The van der Waals surface area contributed by atoms with Gasteiger partial charge in [-0.1, -0.05) is 12.1 Å². The first-order chi connectivity index (χ1) is 18.2. The summed E-state index contributed by atoms with van der Waals surface area (Å²) in [5, 5.41) is 4.12. The fraction of sp³-hybridized carbons (Fsp3) is 0.893. The van der Waals surface area contributed by atoms with Gasteiger partial charge in [0, 0.05) is 49.3 Å². The smallest absolute Gasteiger partial charge is 0.252 e. The summed E-state index contributed by atoms with van der Waals surface area (Å²) in [6.45, 7) is 7.06. The molecule has 0 radical (unpaired) electrons. The Bertz CT molecular complexity index is 983. The van der Waals surface area contributed by atoms with Crippen LogP contribution in [0.1, 0.15) is 95.2 Å². The fourth-order valence-corrected chi connectivity index (χ4v) is 7.47. The van der Waals surface area contributed by atoms with Crippen molar-refractivity contribution < 1.29 is 22.5 Å². The molecule has 3 saturated heterocycles. The number of hydrogen-bond acceptors (Lipinski definition) is 6. The zero-order valence-electron chi connectivity index (χ0n) is 22.6. The molecule has 5 aliphatic rings. The molecule has 7 nitrogen and oxygen atoms in total. The van der Waals surface area contributed by atoms with Crippen molar-refractivity contribution in [3.8, 4) is 0 Å². The fourth-order valence-electron chi connectivity index (χ4n) is 7.47. The zero-order valence-corrected chi connectivity index (χ0v) is 22.6. The second-order valence-corrected chi connectivity index (χ2v) is 12.8. The number of amides is 1. The van der Waals surface area contributed by atoms with Crippen LogP contribution in [0.25, 0.3) is 0 Å². The predicted molar refractivity (Wildman–Crippen MR) is 136 cm³/mol. The van der Waals surface area contributed by atoms with E-state index in [4.69, 9.17) is 4.52 Å². The van der Waals surface area contributed by atoms with Crippen LogP contribution >= 0.6 is 0 Å². The minimum absolute atomic E-state index is 0.0909. The third kappa shape index (κ3) is 5.23. The lowest BCUT2D eigenvalue weighted by Gasteiger charge is -2.47. The molecular formula is C28H42F3N5O2. The lowest BCUT2D eigenvalue weighted by molar-refractivity contribution is -0.151. The van der Waals surface area contributed by atoms with E-state index in [0.29, 0.717) is 56.5 Å². The molecule has 0 bridgehead atoms. The monoisotopic (exact) mass is 537 g/mol. The van der Waals surface area contributed by atoms with Crippen molar-refractivity contribution >= 4 is 5.91 Å². The van der Waals surface area contributed by atoms with E-state index in [-0.39, 0.29) is 36.1 Å². The molecule has 1 aromatic rings. The van der Waals surface area contributed by atoms with Crippen LogP contribution in [-0.2, 0) is 10.2 Å². The van der Waals surface area contributed by atoms with E-state index in [9.17, 15) is 9.18 Å². The van der Waals surface area contributed by atoms with E-state index >= 15 is 8.78 Å². The molecule has 38 heavy (non-hydrogen) atoms. The van der Waals surface area contributed by atoms with Crippen LogP contribution in [0.2, 0.25) is 0 Å². The van der Waals surface area contributed by atoms with Crippen molar-refractivity contribution in [2.45, 2.75) is 113 Å². The van der Waals surface area contributed by atoms with Gasteiger partial charge in [0.2, 0.25) is 11.8 Å². The quantitative estimate of drug-likeness (QED) is 0.531. The van der Waals surface area contributed by atoms with Gasteiger partial charge in [0.05, 0.1) is 5.92 Å². The number of likely N-dealkylation sites (tertiary alicyclic amines) is 3. The predicted octanol–water partition coefficient (Wildman–Crippen LogP) is 4.53. The second-order valence-electron chi connectivity index (χ2n) is 12.8. The van der Waals surface area contributed by atoms with Gasteiger partial charge in [0.15, 0.2) is 5.82 Å².